The molecule has 1 aromatic heterocycles. The van der Waals surface area contributed by atoms with Crippen molar-refractivity contribution in [3.8, 4) is 0 Å². The van der Waals surface area contributed by atoms with Crippen LogP contribution in [0.25, 0.3) is 10.9 Å². The van der Waals surface area contributed by atoms with Gasteiger partial charge in [0.2, 0.25) is 0 Å². The summed E-state index contributed by atoms with van der Waals surface area (Å²) < 4.78 is 0. The van der Waals surface area contributed by atoms with Gasteiger partial charge in [0.1, 0.15) is 5.69 Å². The highest BCUT2D eigenvalue weighted by Gasteiger charge is 2.29. The van der Waals surface area contributed by atoms with Crippen LogP contribution in [0.3, 0.4) is 0 Å². The predicted octanol–water partition coefficient (Wildman–Crippen LogP) is 6.09. The Morgan fingerprint density at radius 2 is 1.74 bits per heavy atom. The smallest absolute Gasteiger partial charge is 0.271 e. The number of rotatable bonds is 3. The normalized spacial score (nSPS) is 20.2. The summed E-state index contributed by atoms with van der Waals surface area (Å²) in [6.07, 6.45) is 1.18. The second-order valence-corrected chi connectivity index (χ2v) is 9.11. The minimum atomic E-state index is 0.0982. The number of carbonyl (C=O) groups excluding carboxylic acids is 1. The summed E-state index contributed by atoms with van der Waals surface area (Å²) in [6.45, 7) is 6.10. The second kappa shape index (κ2) is 7.61. The molecular weight excluding hydrogens is 376 g/mol. The molecule has 1 aliphatic rings. The number of aromatic amines is 1. The molecule has 0 radical (unpaired) electrons. The standard InChI is InChI=1S/C22H23ClN2OS/c1-14-11-15(2)13-25(12-14)22(26)20-21(18-5-3-4-6-19(18)24-20)27-17-9-7-16(23)8-10-17/h3-10,14-15,24H,11-13H2,1-2H3/t14-,15-/m0/s1. The van der Waals surface area contributed by atoms with Crippen LogP contribution in [0, 0.1) is 11.8 Å². The zero-order valence-corrected chi connectivity index (χ0v) is 17.1. The van der Waals surface area contributed by atoms with Crippen molar-refractivity contribution in [1.82, 2.24) is 9.88 Å². The monoisotopic (exact) mass is 398 g/mol. The third kappa shape index (κ3) is 3.87. The van der Waals surface area contributed by atoms with Crippen molar-refractivity contribution in [3.05, 3.63) is 59.2 Å². The number of amides is 1. The first kappa shape index (κ1) is 18.5. The Morgan fingerprint density at radius 1 is 1.07 bits per heavy atom. The Morgan fingerprint density at radius 3 is 2.44 bits per heavy atom. The molecule has 0 saturated carbocycles. The number of hydrogen-bond acceptors (Lipinski definition) is 2. The summed E-state index contributed by atoms with van der Waals surface area (Å²) in [7, 11) is 0. The van der Waals surface area contributed by atoms with Gasteiger partial charge in [0, 0.05) is 33.9 Å². The number of carbonyl (C=O) groups is 1. The number of fused-ring (bicyclic) bond motifs is 1. The van der Waals surface area contributed by atoms with E-state index in [1.54, 1.807) is 11.8 Å². The van der Waals surface area contributed by atoms with E-state index in [4.69, 9.17) is 11.6 Å². The van der Waals surface area contributed by atoms with Crippen LogP contribution >= 0.6 is 23.4 Å². The number of piperidine rings is 1. The van der Waals surface area contributed by atoms with E-state index in [1.807, 2.05) is 47.4 Å². The van der Waals surface area contributed by atoms with Crippen LogP contribution in [0.1, 0.15) is 30.8 Å². The van der Waals surface area contributed by atoms with Gasteiger partial charge in [-0.15, -0.1) is 0 Å². The molecule has 4 rings (SSSR count). The fourth-order valence-corrected chi connectivity index (χ4v) is 5.14. The fraction of sp³-hybridized carbons (Fsp3) is 0.318. The molecule has 0 aliphatic carbocycles. The maximum atomic E-state index is 13.4. The van der Waals surface area contributed by atoms with Crippen molar-refractivity contribution < 1.29 is 4.79 Å². The SMILES string of the molecule is C[C@H]1C[C@H](C)CN(C(=O)c2[nH]c3ccccc3c2Sc2ccc(Cl)cc2)C1. The average Bonchev–Trinajstić information content (AvgIpc) is 3.01. The lowest BCUT2D eigenvalue weighted by Gasteiger charge is -2.34. The third-order valence-corrected chi connectivity index (χ3v) is 6.45. The molecule has 1 saturated heterocycles. The molecule has 140 valence electrons. The summed E-state index contributed by atoms with van der Waals surface area (Å²) in [4.78, 5) is 20.8. The lowest BCUT2D eigenvalue weighted by Crippen LogP contribution is -2.42. The first-order chi connectivity index (χ1) is 13.0. The summed E-state index contributed by atoms with van der Waals surface area (Å²) >= 11 is 7.64. The molecule has 2 heterocycles. The largest absolute Gasteiger partial charge is 0.350 e. The van der Waals surface area contributed by atoms with Gasteiger partial charge in [-0.25, -0.2) is 0 Å². The molecule has 0 spiro atoms. The highest BCUT2D eigenvalue weighted by atomic mass is 35.5. The number of aromatic nitrogens is 1. The number of nitrogens with one attached hydrogen (secondary N) is 1. The highest BCUT2D eigenvalue weighted by molar-refractivity contribution is 7.99. The minimum absolute atomic E-state index is 0.0982. The van der Waals surface area contributed by atoms with E-state index in [-0.39, 0.29) is 5.91 Å². The van der Waals surface area contributed by atoms with Crippen molar-refractivity contribution in [2.75, 3.05) is 13.1 Å². The predicted molar refractivity (Wildman–Crippen MR) is 113 cm³/mol. The van der Waals surface area contributed by atoms with Crippen LogP contribution in [0.5, 0.6) is 0 Å². The second-order valence-electron chi connectivity index (χ2n) is 7.59. The van der Waals surface area contributed by atoms with Gasteiger partial charge >= 0.3 is 0 Å². The van der Waals surface area contributed by atoms with Crippen molar-refractivity contribution in [1.29, 1.82) is 0 Å². The molecule has 0 bridgehead atoms. The molecule has 1 aliphatic heterocycles. The Labute approximate surface area is 169 Å². The van der Waals surface area contributed by atoms with Gasteiger partial charge < -0.3 is 9.88 Å². The summed E-state index contributed by atoms with van der Waals surface area (Å²) in [5, 5.41) is 1.80. The number of nitrogens with zero attached hydrogens (tertiary/aromatic N) is 1. The molecule has 1 N–H and O–H groups in total. The Kier molecular flexibility index (Phi) is 5.20. The van der Waals surface area contributed by atoms with Gasteiger partial charge in [-0.3, -0.25) is 4.79 Å². The van der Waals surface area contributed by atoms with Gasteiger partial charge in [-0.1, -0.05) is 55.4 Å². The lowest BCUT2D eigenvalue weighted by atomic mass is 9.92. The molecule has 1 fully saturated rings. The van der Waals surface area contributed by atoms with E-state index >= 15 is 0 Å². The maximum Gasteiger partial charge on any atom is 0.271 e. The number of H-pyrrole nitrogens is 1. The van der Waals surface area contributed by atoms with Gasteiger partial charge in [-0.2, -0.15) is 0 Å². The highest BCUT2D eigenvalue weighted by Crippen LogP contribution is 2.38. The maximum absolute atomic E-state index is 13.4. The van der Waals surface area contributed by atoms with E-state index in [0.29, 0.717) is 22.6 Å². The quantitative estimate of drug-likeness (QED) is 0.579. The summed E-state index contributed by atoms with van der Waals surface area (Å²) in [6, 6.07) is 15.9. The molecular formula is C22H23ClN2OS. The van der Waals surface area contributed by atoms with Crippen molar-refractivity contribution in [2.45, 2.75) is 30.1 Å². The minimum Gasteiger partial charge on any atom is -0.350 e. The molecule has 5 heteroatoms. The Hall–Kier alpha value is -1.91. The Bertz CT molecular complexity index is 956. The van der Waals surface area contributed by atoms with Gasteiger partial charge in [0.05, 0.1) is 4.90 Å². The average molecular weight is 399 g/mol. The molecule has 3 aromatic rings. The van der Waals surface area contributed by atoms with Gasteiger partial charge in [-0.05, 0) is 48.6 Å². The van der Waals surface area contributed by atoms with Crippen molar-refractivity contribution in [2.24, 2.45) is 11.8 Å². The summed E-state index contributed by atoms with van der Waals surface area (Å²) in [5.41, 5.74) is 1.69. The number of likely N-dealkylation sites (tertiary alicyclic amines) is 1. The van der Waals surface area contributed by atoms with Crippen LogP contribution in [-0.2, 0) is 0 Å². The number of para-hydroxylation sites is 1. The van der Waals surface area contributed by atoms with Crippen LogP contribution in [0.4, 0.5) is 0 Å². The van der Waals surface area contributed by atoms with E-state index < -0.39 is 0 Å². The lowest BCUT2D eigenvalue weighted by molar-refractivity contribution is 0.0614. The first-order valence-electron chi connectivity index (χ1n) is 9.34. The zero-order chi connectivity index (χ0) is 19.0. The molecule has 3 nitrogen and oxygen atoms in total. The van der Waals surface area contributed by atoms with Crippen LogP contribution in [-0.4, -0.2) is 28.9 Å². The number of hydrogen-bond donors (Lipinski definition) is 1. The van der Waals surface area contributed by atoms with Crippen LogP contribution in [0.2, 0.25) is 5.02 Å². The first-order valence-corrected chi connectivity index (χ1v) is 10.5. The van der Waals surface area contributed by atoms with Gasteiger partial charge in [0.15, 0.2) is 0 Å². The van der Waals surface area contributed by atoms with Gasteiger partial charge in [0.25, 0.3) is 5.91 Å². The van der Waals surface area contributed by atoms with Crippen LogP contribution in [0.15, 0.2) is 58.3 Å². The zero-order valence-electron chi connectivity index (χ0n) is 15.5. The molecule has 2 aromatic carbocycles. The molecule has 0 unspecified atom stereocenters. The Balaban J connectivity index is 1.73. The van der Waals surface area contributed by atoms with Crippen molar-refractivity contribution in [3.63, 3.8) is 0 Å². The van der Waals surface area contributed by atoms with E-state index in [9.17, 15) is 4.79 Å². The van der Waals surface area contributed by atoms with E-state index in [1.165, 1.54) is 6.42 Å². The number of benzene rings is 2. The van der Waals surface area contributed by atoms with Crippen molar-refractivity contribution >= 4 is 40.2 Å². The molecule has 1 amide bonds. The summed E-state index contributed by atoms with van der Waals surface area (Å²) in [5.74, 6) is 1.17. The van der Waals surface area contributed by atoms with E-state index in [0.717, 1.165) is 33.8 Å². The third-order valence-electron chi connectivity index (χ3n) is 5.06. The fourth-order valence-electron chi connectivity index (χ4n) is 3.98. The molecule has 27 heavy (non-hydrogen) atoms. The van der Waals surface area contributed by atoms with Crippen LogP contribution < -0.4 is 0 Å². The van der Waals surface area contributed by atoms with E-state index in [2.05, 4.69) is 24.9 Å². The number of halogens is 1. The topological polar surface area (TPSA) is 36.1 Å². The molecule has 2 atom stereocenters.